The van der Waals surface area contributed by atoms with Gasteiger partial charge in [-0.3, -0.25) is 4.79 Å². The number of nitrogens with two attached hydrogens (primary N) is 1. The number of halogens is 4. The lowest BCUT2D eigenvalue weighted by molar-refractivity contribution is -0.137. The van der Waals surface area contributed by atoms with Gasteiger partial charge in [0, 0.05) is 36.5 Å². The lowest BCUT2D eigenvalue weighted by Crippen LogP contribution is -2.43. The first-order valence-corrected chi connectivity index (χ1v) is 16.4. The van der Waals surface area contributed by atoms with Crippen molar-refractivity contribution < 1.29 is 18.0 Å². The molecule has 1 amide bonds. The van der Waals surface area contributed by atoms with Crippen LogP contribution in [0.1, 0.15) is 68.3 Å². The van der Waals surface area contributed by atoms with Gasteiger partial charge >= 0.3 is 6.18 Å². The van der Waals surface area contributed by atoms with Gasteiger partial charge in [0.05, 0.1) is 16.1 Å². The van der Waals surface area contributed by atoms with Crippen LogP contribution >= 0.6 is 11.6 Å². The molecule has 2 aliphatic carbocycles. The summed E-state index contributed by atoms with van der Waals surface area (Å²) in [7, 11) is 0. The van der Waals surface area contributed by atoms with Crippen molar-refractivity contribution in [3.63, 3.8) is 0 Å². The minimum Gasteiger partial charge on any atom is -0.385 e. The highest BCUT2D eigenvalue weighted by Gasteiger charge is 2.33. The van der Waals surface area contributed by atoms with Crippen molar-refractivity contribution in [3.05, 3.63) is 95.0 Å². The van der Waals surface area contributed by atoms with Crippen molar-refractivity contribution in [2.24, 2.45) is 29.4 Å². The fourth-order valence-corrected chi connectivity index (χ4v) is 6.59. The molecule has 0 bridgehead atoms. The van der Waals surface area contributed by atoms with Crippen LogP contribution in [0, 0.1) is 23.7 Å². The van der Waals surface area contributed by atoms with Crippen molar-refractivity contribution in [2.75, 3.05) is 23.7 Å². The summed E-state index contributed by atoms with van der Waals surface area (Å²) >= 11 is 5.98. The fraction of sp³-hybridized carbons (Fsp3) is 0.472. The van der Waals surface area contributed by atoms with Gasteiger partial charge in [-0.2, -0.15) is 13.2 Å². The number of hydrogen-bond acceptors (Lipinski definition) is 4. The van der Waals surface area contributed by atoms with Gasteiger partial charge < -0.3 is 21.7 Å². The van der Waals surface area contributed by atoms with Gasteiger partial charge in [-0.25, -0.2) is 0 Å². The van der Waals surface area contributed by atoms with E-state index < -0.39 is 17.6 Å². The highest BCUT2D eigenvalue weighted by molar-refractivity contribution is 6.33. The molecule has 6 unspecified atom stereocenters. The second kappa shape index (κ2) is 16.4. The zero-order valence-electron chi connectivity index (χ0n) is 26.1. The molecule has 2 aliphatic rings. The fourth-order valence-electron chi connectivity index (χ4n) is 6.38. The molecule has 5 nitrogen and oxygen atoms in total. The molecule has 3 aromatic rings. The number of benzene rings is 3. The van der Waals surface area contributed by atoms with Gasteiger partial charge in [0.2, 0.25) is 0 Å². The van der Waals surface area contributed by atoms with E-state index >= 15 is 0 Å². The van der Waals surface area contributed by atoms with Crippen LogP contribution in [-0.2, 0) is 6.18 Å². The van der Waals surface area contributed by atoms with Crippen LogP contribution in [0.15, 0.2) is 78.9 Å². The minimum atomic E-state index is -4.52. The Hall–Kier alpha value is -3.23. The zero-order chi connectivity index (χ0) is 32.4. The van der Waals surface area contributed by atoms with E-state index in [4.69, 9.17) is 17.3 Å². The summed E-state index contributed by atoms with van der Waals surface area (Å²) in [5, 5.41) is 9.85. The lowest BCUT2D eigenvalue weighted by atomic mass is 9.78. The Morgan fingerprint density at radius 2 is 1.33 bits per heavy atom. The van der Waals surface area contributed by atoms with E-state index in [2.05, 4.69) is 54.1 Å². The van der Waals surface area contributed by atoms with Crippen LogP contribution in [0.4, 0.5) is 24.5 Å². The number of alkyl halides is 3. The first-order chi connectivity index (χ1) is 21.5. The Bertz CT molecular complexity index is 1340. The smallest absolute Gasteiger partial charge is 0.385 e. The van der Waals surface area contributed by atoms with E-state index in [9.17, 15) is 18.0 Å². The lowest BCUT2D eigenvalue weighted by Gasteiger charge is -2.35. The molecule has 45 heavy (non-hydrogen) atoms. The molecule has 6 atom stereocenters. The third-order valence-electron chi connectivity index (χ3n) is 9.21. The molecule has 5 N–H and O–H groups in total. The van der Waals surface area contributed by atoms with E-state index in [1.165, 1.54) is 24.9 Å². The molecular formula is C36H46ClF3N4O. The van der Waals surface area contributed by atoms with E-state index in [0.717, 1.165) is 62.2 Å². The summed E-state index contributed by atoms with van der Waals surface area (Å²) in [6.45, 7) is 6.28. The predicted molar refractivity (Wildman–Crippen MR) is 179 cm³/mol. The van der Waals surface area contributed by atoms with Gasteiger partial charge in [0.15, 0.2) is 0 Å². The summed E-state index contributed by atoms with van der Waals surface area (Å²) < 4.78 is 38.8. The van der Waals surface area contributed by atoms with Gasteiger partial charge in [0.1, 0.15) is 0 Å². The van der Waals surface area contributed by atoms with Crippen molar-refractivity contribution in [1.29, 1.82) is 0 Å². The Morgan fingerprint density at radius 3 is 1.84 bits per heavy atom. The molecule has 2 saturated carbocycles. The molecular weight excluding hydrogens is 597 g/mol. The summed E-state index contributed by atoms with van der Waals surface area (Å²) in [5.74, 6) is 1.61. The molecule has 0 saturated heterocycles. The molecule has 2 fully saturated rings. The molecule has 9 heteroatoms. The van der Waals surface area contributed by atoms with Gasteiger partial charge in [-0.05, 0) is 105 Å². The molecule has 0 aromatic heterocycles. The average molecular weight is 643 g/mol. The molecule has 0 aliphatic heterocycles. The number of rotatable bonds is 8. The maximum Gasteiger partial charge on any atom is 0.416 e. The second-order valence-corrected chi connectivity index (χ2v) is 13.1. The van der Waals surface area contributed by atoms with Crippen LogP contribution in [0.25, 0.3) is 0 Å². The normalized spacial score (nSPS) is 25.0. The van der Waals surface area contributed by atoms with Crippen LogP contribution in [0.3, 0.4) is 0 Å². The number of carbonyl (C=O) groups is 1. The summed E-state index contributed by atoms with van der Waals surface area (Å²) in [6.07, 6.45) is 1.85. The van der Waals surface area contributed by atoms with E-state index in [1.807, 2.05) is 36.4 Å². The topological polar surface area (TPSA) is 79.2 Å². The number of amides is 1. The number of hydrogen-bond donors (Lipinski definition) is 4. The van der Waals surface area contributed by atoms with Gasteiger partial charge in [-0.1, -0.05) is 61.8 Å². The Kier molecular flexibility index (Phi) is 12.6. The third-order valence-corrected chi connectivity index (χ3v) is 9.54. The van der Waals surface area contributed by atoms with Crippen molar-refractivity contribution in [1.82, 2.24) is 5.32 Å². The zero-order valence-corrected chi connectivity index (χ0v) is 26.9. The van der Waals surface area contributed by atoms with Crippen LogP contribution in [-0.4, -0.2) is 31.1 Å². The largest absolute Gasteiger partial charge is 0.416 e. The highest BCUT2D eigenvalue weighted by atomic mass is 35.5. The molecule has 244 valence electrons. The summed E-state index contributed by atoms with van der Waals surface area (Å²) in [4.78, 5) is 12.6. The second-order valence-electron chi connectivity index (χ2n) is 12.7. The van der Waals surface area contributed by atoms with Crippen LogP contribution in [0.5, 0.6) is 0 Å². The van der Waals surface area contributed by atoms with E-state index in [0.29, 0.717) is 17.9 Å². The van der Waals surface area contributed by atoms with Crippen LogP contribution in [0.2, 0.25) is 5.02 Å². The quantitative estimate of drug-likeness (QED) is 0.198. The number of anilines is 2. The Balaban J connectivity index is 0.000000242. The minimum absolute atomic E-state index is 0.0175. The third kappa shape index (κ3) is 10.7. The average Bonchev–Trinajstić information content (AvgIpc) is 3.02. The molecule has 0 spiro atoms. The standard InChI is InChI=1S/C22H24ClF3N2O.C14H22N2/c1-14-11-15(13-27-17-5-3-2-4-6-17)7-10-20(14)28-21(29)18-12-16(22(24,25)26)8-9-19(18)23;1-11-9-12(7-8-14(11)15)10-16-13-5-3-2-4-6-13/h2-6,8-9,12,14-15,20,27H,7,10-11,13H2,1H3,(H,28,29);2-6,11-12,14,16H,7-10,15H2,1H3. The van der Waals surface area contributed by atoms with E-state index in [1.54, 1.807) is 0 Å². The Labute approximate surface area is 270 Å². The monoisotopic (exact) mass is 642 g/mol. The number of carbonyl (C=O) groups excluding carboxylic acids is 1. The molecule has 0 heterocycles. The first kappa shape index (κ1) is 34.6. The van der Waals surface area contributed by atoms with Crippen LogP contribution < -0.4 is 21.7 Å². The molecule has 5 rings (SSSR count). The molecule has 0 radical (unpaired) electrons. The van der Waals surface area contributed by atoms with E-state index in [-0.39, 0.29) is 22.5 Å². The van der Waals surface area contributed by atoms with Crippen molar-refractivity contribution in [3.8, 4) is 0 Å². The number of para-hydroxylation sites is 2. The predicted octanol–water partition coefficient (Wildman–Crippen LogP) is 8.87. The SMILES string of the molecule is CC1CC(CNc2ccccc2)CCC1N.CC1CC(CNc2ccccc2)CCC1NC(=O)c1cc(C(F)(F)F)ccc1Cl. The van der Waals surface area contributed by atoms with Crippen molar-refractivity contribution >= 4 is 28.9 Å². The van der Waals surface area contributed by atoms with Crippen molar-refractivity contribution in [2.45, 2.75) is 70.6 Å². The maximum absolute atomic E-state index is 12.9. The molecule has 3 aromatic carbocycles. The first-order valence-electron chi connectivity index (χ1n) is 16.0. The highest BCUT2D eigenvalue weighted by Crippen LogP contribution is 2.33. The Morgan fingerprint density at radius 1 is 0.800 bits per heavy atom. The summed E-state index contributed by atoms with van der Waals surface area (Å²) in [5.41, 5.74) is 7.32. The van der Waals surface area contributed by atoms with Gasteiger partial charge in [0.25, 0.3) is 5.91 Å². The maximum atomic E-state index is 12.9. The number of nitrogens with one attached hydrogen (secondary N) is 3. The van der Waals surface area contributed by atoms with Gasteiger partial charge in [-0.15, -0.1) is 0 Å². The summed E-state index contributed by atoms with van der Waals surface area (Å²) in [6, 6.07) is 23.6.